The Kier molecular flexibility index (Phi) is 3.95. The Bertz CT molecular complexity index is 1100. The predicted octanol–water partition coefficient (Wildman–Crippen LogP) is 5.09. The standard InChI is InChI=1S/C19H13F3N4O/c20-19(21,22)12-2-1-3-13(10-12)24-18-16-15(8-9-23-18)25-17(26-16)11-4-6-14(27)7-5-11/h1-10,27H,(H,23,24)(H,25,26). The molecule has 0 saturated carbocycles. The van der Waals surface area contributed by atoms with Crippen LogP contribution >= 0.6 is 0 Å². The number of halogens is 3. The number of phenols is 1. The van der Waals surface area contributed by atoms with Gasteiger partial charge >= 0.3 is 6.18 Å². The molecule has 0 amide bonds. The molecule has 27 heavy (non-hydrogen) atoms. The number of aromatic amines is 1. The van der Waals surface area contributed by atoms with Crippen LogP contribution in [-0.4, -0.2) is 20.1 Å². The van der Waals surface area contributed by atoms with Crippen LogP contribution in [0.2, 0.25) is 0 Å². The molecular weight excluding hydrogens is 357 g/mol. The normalized spacial score (nSPS) is 11.7. The largest absolute Gasteiger partial charge is 0.508 e. The lowest BCUT2D eigenvalue weighted by atomic mass is 10.2. The van der Waals surface area contributed by atoms with Gasteiger partial charge < -0.3 is 15.4 Å². The molecule has 136 valence electrons. The fraction of sp³-hybridized carbons (Fsp3) is 0.0526. The molecule has 4 aromatic rings. The van der Waals surface area contributed by atoms with E-state index < -0.39 is 11.7 Å². The minimum atomic E-state index is -4.42. The van der Waals surface area contributed by atoms with Crippen molar-refractivity contribution in [3.8, 4) is 17.1 Å². The van der Waals surface area contributed by atoms with Gasteiger partial charge in [0.2, 0.25) is 0 Å². The van der Waals surface area contributed by atoms with Crippen LogP contribution in [-0.2, 0) is 6.18 Å². The molecule has 2 aromatic heterocycles. The first-order chi connectivity index (χ1) is 12.9. The summed E-state index contributed by atoms with van der Waals surface area (Å²) in [5.41, 5.74) is 1.46. The zero-order valence-corrected chi connectivity index (χ0v) is 13.7. The molecule has 0 aliphatic carbocycles. The van der Waals surface area contributed by atoms with Crippen molar-refractivity contribution < 1.29 is 18.3 Å². The van der Waals surface area contributed by atoms with Gasteiger partial charge in [0.1, 0.15) is 17.1 Å². The number of anilines is 2. The minimum Gasteiger partial charge on any atom is -0.508 e. The van der Waals surface area contributed by atoms with Gasteiger partial charge in [-0.15, -0.1) is 0 Å². The van der Waals surface area contributed by atoms with Crippen LogP contribution in [0, 0.1) is 0 Å². The third-order valence-electron chi connectivity index (χ3n) is 3.99. The molecular formula is C19H13F3N4O. The van der Waals surface area contributed by atoms with Gasteiger partial charge in [-0.05, 0) is 48.5 Å². The summed E-state index contributed by atoms with van der Waals surface area (Å²) in [5, 5.41) is 12.3. The van der Waals surface area contributed by atoms with Crippen molar-refractivity contribution in [1.29, 1.82) is 0 Å². The molecule has 8 heteroatoms. The van der Waals surface area contributed by atoms with E-state index in [1.54, 1.807) is 30.3 Å². The van der Waals surface area contributed by atoms with Crippen molar-refractivity contribution in [1.82, 2.24) is 15.0 Å². The van der Waals surface area contributed by atoms with Crippen molar-refractivity contribution in [2.24, 2.45) is 0 Å². The number of hydrogen-bond donors (Lipinski definition) is 3. The van der Waals surface area contributed by atoms with Gasteiger partial charge in [-0.1, -0.05) is 6.07 Å². The second-order valence-corrected chi connectivity index (χ2v) is 5.89. The highest BCUT2D eigenvalue weighted by Gasteiger charge is 2.30. The molecule has 0 radical (unpaired) electrons. The van der Waals surface area contributed by atoms with Crippen molar-refractivity contribution >= 4 is 22.5 Å². The monoisotopic (exact) mass is 370 g/mol. The van der Waals surface area contributed by atoms with Crippen LogP contribution in [0.25, 0.3) is 22.4 Å². The van der Waals surface area contributed by atoms with E-state index in [0.717, 1.165) is 17.7 Å². The number of fused-ring (bicyclic) bond motifs is 1. The number of pyridine rings is 1. The number of benzene rings is 2. The number of alkyl halides is 3. The summed E-state index contributed by atoms with van der Waals surface area (Å²) >= 11 is 0. The van der Waals surface area contributed by atoms with E-state index in [4.69, 9.17) is 0 Å². The van der Waals surface area contributed by atoms with Crippen LogP contribution in [0.4, 0.5) is 24.7 Å². The second kappa shape index (κ2) is 6.31. The third-order valence-corrected chi connectivity index (χ3v) is 3.99. The van der Waals surface area contributed by atoms with E-state index in [0.29, 0.717) is 22.7 Å². The summed E-state index contributed by atoms with van der Waals surface area (Å²) in [7, 11) is 0. The first kappa shape index (κ1) is 16.9. The number of rotatable bonds is 3. The Balaban J connectivity index is 1.72. The maximum absolute atomic E-state index is 12.9. The van der Waals surface area contributed by atoms with E-state index in [9.17, 15) is 18.3 Å². The van der Waals surface area contributed by atoms with Crippen molar-refractivity contribution in [3.63, 3.8) is 0 Å². The quantitative estimate of drug-likeness (QED) is 0.469. The van der Waals surface area contributed by atoms with E-state index in [2.05, 4.69) is 20.3 Å². The molecule has 0 bridgehead atoms. The van der Waals surface area contributed by atoms with Crippen molar-refractivity contribution in [3.05, 3.63) is 66.4 Å². The molecule has 0 atom stereocenters. The average Bonchev–Trinajstić information content (AvgIpc) is 3.07. The number of hydrogen-bond acceptors (Lipinski definition) is 4. The van der Waals surface area contributed by atoms with Crippen LogP contribution < -0.4 is 5.32 Å². The Morgan fingerprint density at radius 2 is 1.78 bits per heavy atom. The van der Waals surface area contributed by atoms with E-state index in [1.807, 2.05) is 0 Å². The maximum Gasteiger partial charge on any atom is 0.416 e. The number of aromatic nitrogens is 3. The van der Waals surface area contributed by atoms with Gasteiger partial charge in [0.15, 0.2) is 5.82 Å². The lowest BCUT2D eigenvalue weighted by molar-refractivity contribution is -0.137. The fourth-order valence-corrected chi connectivity index (χ4v) is 2.69. The molecule has 0 unspecified atom stereocenters. The summed E-state index contributed by atoms with van der Waals surface area (Å²) in [6, 6.07) is 13.1. The summed E-state index contributed by atoms with van der Waals surface area (Å²) in [4.78, 5) is 11.8. The first-order valence-corrected chi connectivity index (χ1v) is 7.98. The van der Waals surface area contributed by atoms with E-state index in [-0.39, 0.29) is 11.4 Å². The lowest BCUT2D eigenvalue weighted by Gasteiger charge is -2.10. The van der Waals surface area contributed by atoms with Gasteiger partial charge in [-0.25, -0.2) is 9.97 Å². The number of H-pyrrole nitrogens is 1. The molecule has 0 fully saturated rings. The second-order valence-electron chi connectivity index (χ2n) is 5.89. The predicted molar refractivity (Wildman–Crippen MR) is 95.7 cm³/mol. The zero-order chi connectivity index (χ0) is 19.0. The van der Waals surface area contributed by atoms with Gasteiger partial charge in [0.25, 0.3) is 0 Å². The van der Waals surface area contributed by atoms with Crippen LogP contribution in [0.1, 0.15) is 5.56 Å². The molecule has 0 saturated heterocycles. The SMILES string of the molecule is Oc1ccc(-c2nc3c(Nc4cccc(C(F)(F)F)c4)nccc3[nH]2)cc1. The van der Waals surface area contributed by atoms with Crippen molar-refractivity contribution in [2.75, 3.05) is 5.32 Å². The molecule has 2 aromatic carbocycles. The smallest absolute Gasteiger partial charge is 0.416 e. The zero-order valence-electron chi connectivity index (χ0n) is 13.7. The van der Waals surface area contributed by atoms with Gasteiger partial charge in [0.05, 0.1) is 11.1 Å². The van der Waals surface area contributed by atoms with Crippen LogP contribution in [0.15, 0.2) is 60.8 Å². The average molecular weight is 370 g/mol. The Hall–Kier alpha value is -3.55. The van der Waals surface area contributed by atoms with Crippen LogP contribution in [0.5, 0.6) is 5.75 Å². The highest BCUT2D eigenvalue weighted by Crippen LogP contribution is 2.32. The highest BCUT2D eigenvalue weighted by molar-refractivity contribution is 5.90. The number of phenolic OH excluding ortho intramolecular Hbond substituents is 1. The summed E-state index contributed by atoms with van der Waals surface area (Å²) in [5.74, 6) is 1.04. The fourth-order valence-electron chi connectivity index (χ4n) is 2.69. The summed E-state index contributed by atoms with van der Waals surface area (Å²) < 4.78 is 38.7. The topological polar surface area (TPSA) is 73.8 Å². The van der Waals surface area contributed by atoms with Gasteiger partial charge in [-0.2, -0.15) is 13.2 Å². The maximum atomic E-state index is 12.9. The number of imidazole rings is 1. The molecule has 4 rings (SSSR count). The Morgan fingerprint density at radius 3 is 2.52 bits per heavy atom. The van der Waals surface area contributed by atoms with Gasteiger partial charge in [0, 0.05) is 17.4 Å². The third kappa shape index (κ3) is 3.41. The molecule has 5 nitrogen and oxygen atoms in total. The molecule has 0 aliphatic heterocycles. The Morgan fingerprint density at radius 1 is 1.00 bits per heavy atom. The molecule has 2 heterocycles. The summed E-state index contributed by atoms with van der Waals surface area (Å²) in [6.45, 7) is 0. The molecule has 0 aliphatic rings. The van der Waals surface area contributed by atoms with Crippen molar-refractivity contribution in [2.45, 2.75) is 6.18 Å². The Labute approximate surface area is 151 Å². The van der Waals surface area contributed by atoms with E-state index >= 15 is 0 Å². The molecule has 0 spiro atoms. The van der Waals surface area contributed by atoms with Gasteiger partial charge in [-0.3, -0.25) is 0 Å². The van der Waals surface area contributed by atoms with Crippen LogP contribution in [0.3, 0.4) is 0 Å². The number of nitrogens with zero attached hydrogens (tertiary/aromatic N) is 2. The highest BCUT2D eigenvalue weighted by atomic mass is 19.4. The lowest BCUT2D eigenvalue weighted by Crippen LogP contribution is -2.05. The minimum absolute atomic E-state index is 0.142. The van der Waals surface area contributed by atoms with E-state index in [1.165, 1.54) is 18.3 Å². The number of nitrogens with one attached hydrogen (secondary N) is 2. The summed E-state index contributed by atoms with van der Waals surface area (Å²) in [6.07, 6.45) is -2.88. The first-order valence-electron chi connectivity index (χ1n) is 7.98. The number of aromatic hydroxyl groups is 1. The molecule has 3 N–H and O–H groups in total.